The molecule has 0 unspecified atom stereocenters. The molecule has 0 aliphatic heterocycles. The summed E-state index contributed by atoms with van der Waals surface area (Å²) in [6.07, 6.45) is -2.80. The topological polar surface area (TPSA) is 150 Å². The Morgan fingerprint density at radius 3 is 1.62 bits per heavy atom. The van der Waals surface area contributed by atoms with Crippen LogP contribution in [0.15, 0.2) is 34.1 Å². The highest BCUT2D eigenvalue weighted by Crippen LogP contribution is 2.47. The minimum atomic E-state index is -2.84. The molecule has 0 radical (unpaired) electrons. The lowest BCUT2D eigenvalue weighted by molar-refractivity contribution is 0.146. The minimum Gasteiger partial charge on any atom is -0.506 e. The van der Waals surface area contributed by atoms with Gasteiger partial charge in [0.05, 0.1) is 43.7 Å². The smallest absolute Gasteiger partial charge is 0.280 e. The van der Waals surface area contributed by atoms with Gasteiger partial charge < -0.3 is 20.2 Å². The standard InChI is InChI=1S/C29H20F4N6O4S2/c1-8-4-11(24(30)31)35-28-13(8)18-22(44-28)20(40)16(26(42)37-18)15(10-6-34-39(3)7-10)17-21(41)23-19(38-27(17)43)14-9(2)5-12(25(32)33)36-29(14)45-23/h4-7,15,24-25H,1-3H3,(H2,37,40,42)(H2,38,41,43). The molecule has 0 saturated heterocycles. The number of rotatable bonds is 5. The Labute approximate surface area is 256 Å². The van der Waals surface area contributed by atoms with Crippen molar-refractivity contribution < 1.29 is 27.8 Å². The van der Waals surface area contributed by atoms with E-state index in [9.17, 15) is 37.4 Å². The zero-order valence-corrected chi connectivity index (χ0v) is 25.0. The van der Waals surface area contributed by atoms with Crippen molar-refractivity contribution >= 4 is 63.5 Å². The SMILES string of the molecule is Cc1cc(C(F)F)nc2sc3c(O)c(C(c4cnn(C)c4)c4c(O)c5sc6nc(C(F)F)cc(C)c6c5[nH]c4=O)c(=O)[nH]c3c12. The molecule has 16 heteroatoms. The number of pyridine rings is 4. The van der Waals surface area contributed by atoms with Gasteiger partial charge in [0.25, 0.3) is 24.0 Å². The lowest BCUT2D eigenvalue weighted by atomic mass is 9.86. The van der Waals surface area contributed by atoms with Gasteiger partial charge in [0.15, 0.2) is 0 Å². The van der Waals surface area contributed by atoms with Gasteiger partial charge in [-0.3, -0.25) is 14.3 Å². The number of halogens is 4. The average Bonchev–Trinajstić information content (AvgIpc) is 3.67. The van der Waals surface area contributed by atoms with Crippen LogP contribution in [0.1, 0.15) is 58.0 Å². The maximum absolute atomic E-state index is 13.8. The largest absolute Gasteiger partial charge is 0.506 e. The van der Waals surface area contributed by atoms with Crippen LogP contribution in [-0.4, -0.2) is 39.9 Å². The monoisotopic (exact) mass is 656 g/mol. The van der Waals surface area contributed by atoms with Crippen LogP contribution >= 0.6 is 22.7 Å². The molecule has 7 heterocycles. The van der Waals surface area contributed by atoms with Crippen molar-refractivity contribution in [2.75, 3.05) is 0 Å². The van der Waals surface area contributed by atoms with Crippen LogP contribution in [0, 0.1) is 13.8 Å². The lowest BCUT2D eigenvalue weighted by Gasteiger charge is -2.18. The Morgan fingerprint density at radius 2 is 1.24 bits per heavy atom. The van der Waals surface area contributed by atoms with E-state index in [1.54, 1.807) is 20.9 Å². The Balaban J connectivity index is 1.54. The van der Waals surface area contributed by atoms with E-state index in [-0.39, 0.29) is 46.8 Å². The van der Waals surface area contributed by atoms with Crippen LogP contribution in [-0.2, 0) is 7.05 Å². The second-order valence-corrected chi connectivity index (χ2v) is 12.6. The van der Waals surface area contributed by atoms with Crippen molar-refractivity contribution in [3.63, 3.8) is 0 Å². The number of aromatic hydroxyl groups is 2. The Bertz CT molecular complexity index is 2330. The van der Waals surface area contributed by atoms with Gasteiger partial charge in [0.2, 0.25) is 0 Å². The van der Waals surface area contributed by atoms with E-state index in [0.29, 0.717) is 21.9 Å². The molecule has 4 N–H and O–H groups in total. The molecule has 0 aliphatic carbocycles. The molecule has 230 valence electrons. The Morgan fingerprint density at radius 1 is 0.800 bits per heavy atom. The number of thiophene rings is 2. The fraction of sp³-hybridized carbons (Fsp3) is 0.207. The van der Waals surface area contributed by atoms with E-state index >= 15 is 0 Å². The summed E-state index contributed by atoms with van der Waals surface area (Å²) in [5, 5.41) is 28.2. The van der Waals surface area contributed by atoms with Crippen LogP contribution in [0.25, 0.3) is 40.9 Å². The van der Waals surface area contributed by atoms with E-state index in [1.165, 1.54) is 29.2 Å². The predicted molar refractivity (Wildman–Crippen MR) is 162 cm³/mol. The fourth-order valence-electron chi connectivity index (χ4n) is 5.83. The summed E-state index contributed by atoms with van der Waals surface area (Å²) in [5.41, 5.74) is -1.66. The molecule has 45 heavy (non-hydrogen) atoms. The van der Waals surface area contributed by atoms with E-state index in [1.807, 2.05) is 0 Å². The van der Waals surface area contributed by atoms with E-state index < -0.39 is 52.8 Å². The summed E-state index contributed by atoms with van der Waals surface area (Å²) in [7, 11) is 1.60. The first-order chi connectivity index (χ1) is 21.3. The maximum Gasteiger partial charge on any atom is 0.280 e. The van der Waals surface area contributed by atoms with Crippen LogP contribution in [0.2, 0.25) is 0 Å². The van der Waals surface area contributed by atoms with E-state index in [2.05, 4.69) is 25.0 Å². The zero-order valence-electron chi connectivity index (χ0n) is 23.4. The fourth-order valence-corrected chi connectivity index (χ4v) is 8.18. The molecule has 0 aromatic carbocycles. The van der Waals surface area contributed by atoms with Gasteiger partial charge in [-0.1, -0.05) is 0 Å². The van der Waals surface area contributed by atoms with Gasteiger partial charge in [-0.05, 0) is 37.1 Å². The molecular formula is C29H20F4N6O4S2. The maximum atomic E-state index is 13.8. The van der Waals surface area contributed by atoms with Crippen LogP contribution in [0.5, 0.6) is 11.5 Å². The van der Waals surface area contributed by atoms with Crippen LogP contribution < -0.4 is 11.1 Å². The van der Waals surface area contributed by atoms with Crippen molar-refractivity contribution in [1.29, 1.82) is 0 Å². The molecule has 7 aromatic heterocycles. The zero-order chi connectivity index (χ0) is 32.1. The van der Waals surface area contributed by atoms with E-state index in [4.69, 9.17) is 0 Å². The van der Waals surface area contributed by atoms with Gasteiger partial charge in [-0.2, -0.15) is 5.10 Å². The number of hydrogen-bond donors (Lipinski definition) is 4. The van der Waals surface area contributed by atoms with Gasteiger partial charge >= 0.3 is 0 Å². The molecule has 0 amide bonds. The molecule has 0 aliphatic rings. The number of alkyl halides is 4. The highest BCUT2D eigenvalue weighted by molar-refractivity contribution is 7.26. The third-order valence-electron chi connectivity index (χ3n) is 7.75. The molecule has 0 bridgehead atoms. The number of H-pyrrole nitrogens is 2. The number of nitrogens with one attached hydrogen (secondary N) is 2. The van der Waals surface area contributed by atoms with E-state index in [0.717, 1.165) is 22.7 Å². The molecular weight excluding hydrogens is 636 g/mol. The van der Waals surface area contributed by atoms with Gasteiger partial charge in [-0.15, -0.1) is 22.7 Å². The first kappa shape index (κ1) is 28.9. The quantitative estimate of drug-likeness (QED) is 0.157. The van der Waals surface area contributed by atoms with Crippen molar-refractivity contribution in [1.82, 2.24) is 29.7 Å². The summed E-state index contributed by atoms with van der Waals surface area (Å²) in [6.45, 7) is 3.17. The Kier molecular flexibility index (Phi) is 6.49. The summed E-state index contributed by atoms with van der Waals surface area (Å²) in [6, 6.07) is 2.42. The Hall–Kier alpha value is -4.83. The minimum absolute atomic E-state index is 0.133. The van der Waals surface area contributed by atoms with Gasteiger partial charge in [0.1, 0.15) is 32.5 Å². The number of hydrogen-bond acceptors (Lipinski definition) is 9. The lowest BCUT2D eigenvalue weighted by Crippen LogP contribution is -2.24. The number of aromatic nitrogens is 6. The van der Waals surface area contributed by atoms with Crippen molar-refractivity contribution in [3.05, 3.63) is 84.4 Å². The molecule has 7 aromatic rings. The summed E-state index contributed by atoms with van der Waals surface area (Å²) < 4.78 is 55.6. The number of aryl methyl sites for hydroxylation is 3. The highest BCUT2D eigenvalue weighted by atomic mass is 32.1. The highest BCUT2D eigenvalue weighted by Gasteiger charge is 2.33. The average molecular weight is 657 g/mol. The van der Waals surface area contributed by atoms with Crippen molar-refractivity contribution in [2.45, 2.75) is 32.6 Å². The number of nitrogens with zero attached hydrogens (tertiary/aromatic N) is 4. The summed E-state index contributed by atoms with van der Waals surface area (Å²) >= 11 is 1.78. The summed E-state index contributed by atoms with van der Waals surface area (Å²) in [4.78, 5) is 41.4. The second kappa shape index (κ2) is 10.1. The first-order valence-corrected chi connectivity index (χ1v) is 14.9. The van der Waals surface area contributed by atoms with Gasteiger partial charge in [0, 0.05) is 29.6 Å². The molecule has 7 rings (SSSR count). The third-order valence-corrected chi connectivity index (χ3v) is 9.93. The second-order valence-electron chi connectivity index (χ2n) is 10.6. The molecule has 0 spiro atoms. The molecule has 0 saturated carbocycles. The van der Waals surface area contributed by atoms with Crippen LogP contribution in [0.4, 0.5) is 17.6 Å². The molecule has 10 nitrogen and oxygen atoms in total. The number of fused-ring (bicyclic) bond motifs is 6. The first-order valence-electron chi connectivity index (χ1n) is 13.3. The molecule has 0 fully saturated rings. The van der Waals surface area contributed by atoms with Crippen LogP contribution in [0.3, 0.4) is 0 Å². The summed E-state index contributed by atoms with van der Waals surface area (Å²) in [5.74, 6) is -2.43. The van der Waals surface area contributed by atoms with Crippen molar-refractivity contribution in [2.24, 2.45) is 7.05 Å². The predicted octanol–water partition coefficient (Wildman–Crippen LogP) is 6.41. The van der Waals surface area contributed by atoms with Crippen molar-refractivity contribution in [3.8, 4) is 11.5 Å². The normalized spacial score (nSPS) is 12.4. The van der Waals surface area contributed by atoms with Gasteiger partial charge in [-0.25, -0.2) is 27.5 Å². The molecule has 0 atom stereocenters. The number of aromatic amines is 2. The third kappa shape index (κ3) is 4.30.